The Morgan fingerprint density at radius 2 is 1.76 bits per heavy atom. The minimum atomic E-state index is -1.56. The van der Waals surface area contributed by atoms with Crippen molar-refractivity contribution in [2.45, 2.75) is 76.8 Å². The minimum absolute atomic E-state index is 0.109. The quantitative estimate of drug-likeness (QED) is 0.417. The summed E-state index contributed by atoms with van der Waals surface area (Å²) in [5.74, 6) is 0. The Morgan fingerprint density at radius 3 is 2.29 bits per heavy atom. The molecule has 0 bridgehead atoms. The van der Waals surface area contributed by atoms with Crippen LogP contribution in [0.1, 0.15) is 20.3 Å². The SMILES string of the molecule is CC1(C)C[Si](C)(C)[Si](C)(CCCOCC2CO2)[Si](C)(C)O1. The third-order valence-corrected chi connectivity index (χ3v) is 46.5. The van der Waals surface area contributed by atoms with E-state index in [-0.39, 0.29) is 5.60 Å². The molecule has 2 aliphatic heterocycles. The zero-order valence-electron chi connectivity index (χ0n) is 15.0. The predicted octanol–water partition coefficient (Wildman–Crippen LogP) is 3.75. The van der Waals surface area contributed by atoms with E-state index in [1.54, 1.807) is 0 Å². The largest absolute Gasteiger partial charge is 0.416 e. The molecule has 2 atom stereocenters. The molecule has 6 heteroatoms. The normalized spacial score (nSPS) is 36.4. The second-order valence-corrected chi connectivity index (χ2v) is 35.2. The van der Waals surface area contributed by atoms with E-state index in [4.69, 9.17) is 13.9 Å². The van der Waals surface area contributed by atoms with Crippen molar-refractivity contribution < 1.29 is 13.9 Å². The average Bonchev–Trinajstić information content (AvgIpc) is 3.07. The van der Waals surface area contributed by atoms with Gasteiger partial charge in [-0.05, 0) is 39.4 Å². The van der Waals surface area contributed by atoms with E-state index < -0.39 is 22.5 Å². The van der Waals surface area contributed by atoms with Gasteiger partial charge in [0.05, 0.1) is 20.3 Å². The van der Waals surface area contributed by atoms with Gasteiger partial charge in [0.1, 0.15) is 6.10 Å². The highest BCUT2D eigenvalue weighted by Gasteiger charge is 2.62. The van der Waals surface area contributed by atoms with Gasteiger partial charge in [-0.1, -0.05) is 25.7 Å². The summed E-state index contributed by atoms with van der Waals surface area (Å²) in [6.45, 7) is 20.1. The zero-order chi connectivity index (χ0) is 15.9. The van der Waals surface area contributed by atoms with Crippen LogP contribution in [0.25, 0.3) is 0 Å². The molecule has 3 nitrogen and oxygen atoms in total. The first-order valence-corrected chi connectivity index (χ1v) is 19.2. The van der Waals surface area contributed by atoms with Gasteiger partial charge in [0.25, 0.3) is 0 Å². The van der Waals surface area contributed by atoms with Gasteiger partial charge in [-0.2, -0.15) is 0 Å². The van der Waals surface area contributed by atoms with Crippen LogP contribution in [0.3, 0.4) is 0 Å². The summed E-state index contributed by atoms with van der Waals surface area (Å²) in [5.41, 5.74) is 0.109. The smallest absolute Gasteiger partial charge is 0.172 e. The molecule has 0 aromatic rings. The van der Waals surface area contributed by atoms with Gasteiger partial charge in [0.2, 0.25) is 0 Å². The van der Waals surface area contributed by atoms with Crippen molar-refractivity contribution in [3.05, 3.63) is 0 Å². The summed E-state index contributed by atoms with van der Waals surface area (Å²) >= 11 is 0. The number of hydrogen-bond donors (Lipinski definition) is 0. The van der Waals surface area contributed by atoms with Crippen LogP contribution in [0.5, 0.6) is 0 Å². The first kappa shape index (κ1) is 17.9. The molecule has 0 aromatic carbocycles. The predicted molar refractivity (Wildman–Crippen MR) is 96.5 cm³/mol. The topological polar surface area (TPSA) is 31.0 Å². The van der Waals surface area contributed by atoms with Crippen LogP contribution in [-0.4, -0.2) is 54.1 Å². The van der Waals surface area contributed by atoms with Crippen molar-refractivity contribution in [3.8, 4) is 0 Å². The molecular formula is C15H34O3Si3. The molecule has 0 saturated carbocycles. The number of ether oxygens (including phenoxy) is 2. The molecule has 0 aromatic heterocycles. The molecule has 2 heterocycles. The lowest BCUT2D eigenvalue weighted by Gasteiger charge is -2.59. The third kappa shape index (κ3) is 3.90. The van der Waals surface area contributed by atoms with E-state index in [2.05, 4.69) is 46.6 Å². The van der Waals surface area contributed by atoms with Crippen LogP contribution in [0.4, 0.5) is 0 Å². The van der Waals surface area contributed by atoms with Crippen LogP contribution in [0, 0.1) is 0 Å². The monoisotopic (exact) mass is 346 g/mol. The molecular weight excluding hydrogens is 312 g/mol. The van der Waals surface area contributed by atoms with Gasteiger partial charge in [0, 0.05) is 19.8 Å². The summed E-state index contributed by atoms with van der Waals surface area (Å²) in [6.07, 6.45) is 1.61. The number of epoxide rings is 1. The van der Waals surface area contributed by atoms with E-state index in [1.807, 2.05) is 0 Å². The highest BCUT2D eigenvalue weighted by molar-refractivity contribution is 7.68. The fraction of sp³-hybridized carbons (Fsp3) is 1.00. The Morgan fingerprint density at radius 1 is 1.14 bits per heavy atom. The zero-order valence-corrected chi connectivity index (χ0v) is 18.0. The lowest BCUT2D eigenvalue weighted by Crippen LogP contribution is -2.79. The molecule has 2 unspecified atom stereocenters. The van der Waals surface area contributed by atoms with Crippen molar-refractivity contribution >= 4 is 22.5 Å². The van der Waals surface area contributed by atoms with Crippen molar-refractivity contribution in [3.63, 3.8) is 0 Å². The Balaban J connectivity index is 1.95. The van der Waals surface area contributed by atoms with E-state index in [9.17, 15) is 0 Å². The van der Waals surface area contributed by atoms with Gasteiger partial charge in [-0.25, -0.2) is 0 Å². The molecule has 2 saturated heterocycles. The van der Waals surface area contributed by atoms with E-state index in [1.165, 1.54) is 18.5 Å². The van der Waals surface area contributed by atoms with Gasteiger partial charge in [-0.3, -0.25) is 0 Å². The molecule has 2 fully saturated rings. The molecule has 124 valence electrons. The molecule has 0 amide bonds. The summed E-state index contributed by atoms with van der Waals surface area (Å²) in [7, 11) is -4.05. The molecule has 0 radical (unpaired) electrons. The molecule has 0 aliphatic carbocycles. The Bertz CT molecular complexity index is 358. The highest BCUT2D eigenvalue weighted by atomic mass is 29.6. The van der Waals surface area contributed by atoms with E-state index in [0.717, 1.165) is 19.8 Å². The fourth-order valence-corrected chi connectivity index (χ4v) is 42.3. The molecule has 0 spiro atoms. The van der Waals surface area contributed by atoms with Gasteiger partial charge >= 0.3 is 0 Å². The Hall–Kier alpha value is 0.531. The maximum Gasteiger partial charge on any atom is 0.172 e. The van der Waals surface area contributed by atoms with Crippen LogP contribution < -0.4 is 0 Å². The van der Waals surface area contributed by atoms with Crippen molar-refractivity contribution in [1.82, 2.24) is 0 Å². The minimum Gasteiger partial charge on any atom is -0.416 e. The first-order chi connectivity index (χ1) is 9.49. The maximum absolute atomic E-state index is 6.69. The lowest BCUT2D eigenvalue weighted by molar-refractivity contribution is 0.115. The lowest BCUT2D eigenvalue weighted by atomic mass is 10.2. The van der Waals surface area contributed by atoms with Gasteiger partial charge in [0.15, 0.2) is 7.83 Å². The van der Waals surface area contributed by atoms with Crippen LogP contribution in [-0.2, 0) is 13.9 Å². The summed E-state index contributed by atoms with van der Waals surface area (Å²) < 4.78 is 17.6. The van der Waals surface area contributed by atoms with Crippen molar-refractivity contribution in [1.29, 1.82) is 0 Å². The van der Waals surface area contributed by atoms with E-state index >= 15 is 0 Å². The van der Waals surface area contributed by atoms with Crippen LogP contribution in [0.2, 0.25) is 44.8 Å². The summed E-state index contributed by atoms with van der Waals surface area (Å²) in [5, 5.41) is 0. The molecule has 0 N–H and O–H groups in total. The third-order valence-electron chi connectivity index (χ3n) is 5.89. The summed E-state index contributed by atoms with van der Waals surface area (Å²) in [6, 6.07) is 2.73. The Labute approximate surface area is 133 Å². The molecule has 21 heavy (non-hydrogen) atoms. The molecule has 2 aliphatic rings. The van der Waals surface area contributed by atoms with Gasteiger partial charge in [-0.15, -0.1) is 0 Å². The first-order valence-electron chi connectivity index (χ1n) is 8.39. The highest BCUT2D eigenvalue weighted by Crippen LogP contribution is 2.46. The van der Waals surface area contributed by atoms with Crippen molar-refractivity contribution in [2.75, 3.05) is 19.8 Å². The number of rotatable bonds is 6. The molecule has 2 rings (SSSR count). The van der Waals surface area contributed by atoms with Crippen LogP contribution in [0.15, 0.2) is 0 Å². The van der Waals surface area contributed by atoms with Crippen molar-refractivity contribution in [2.24, 2.45) is 0 Å². The van der Waals surface area contributed by atoms with E-state index in [0.29, 0.717) is 6.10 Å². The summed E-state index contributed by atoms with van der Waals surface area (Å²) in [4.78, 5) is 0. The van der Waals surface area contributed by atoms with Crippen LogP contribution >= 0.6 is 0 Å². The Kier molecular flexibility index (Phi) is 5.00. The average molecular weight is 347 g/mol. The van der Waals surface area contributed by atoms with Gasteiger partial charge < -0.3 is 13.9 Å². The fourth-order valence-electron chi connectivity index (χ4n) is 4.46. The standard InChI is InChI=1S/C15H34O3Si3/c1-15(2)13-19(3,4)21(7,20(5,6)18-15)10-8-9-16-11-14-12-17-14/h14H,8-13H2,1-7H3. The second-order valence-electron chi connectivity index (χ2n) is 8.90. The maximum atomic E-state index is 6.69. The number of hydrogen-bond acceptors (Lipinski definition) is 3. The second kappa shape index (κ2) is 5.87.